The highest BCUT2D eigenvalue weighted by Gasteiger charge is 2.32. The van der Waals surface area contributed by atoms with Gasteiger partial charge in [0.25, 0.3) is 0 Å². The molecule has 4 aromatic rings. The predicted molar refractivity (Wildman–Crippen MR) is 149 cm³/mol. The van der Waals surface area contributed by atoms with Crippen LogP contribution in [0.4, 0.5) is 11.5 Å². The number of benzene rings is 1. The summed E-state index contributed by atoms with van der Waals surface area (Å²) in [6.45, 7) is 9.77. The molecule has 1 N–H and O–H groups in total. The lowest BCUT2D eigenvalue weighted by Crippen LogP contribution is -2.46. The van der Waals surface area contributed by atoms with Crippen LogP contribution in [0.1, 0.15) is 45.7 Å². The number of piperazine rings is 1. The van der Waals surface area contributed by atoms with Gasteiger partial charge in [-0.05, 0) is 50.6 Å². The van der Waals surface area contributed by atoms with Crippen LogP contribution in [0, 0.1) is 20.8 Å². The molecule has 0 saturated carbocycles. The van der Waals surface area contributed by atoms with Gasteiger partial charge in [-0.1, -0.05) is 18.2 Å². The van der Waals surface area contributed by atoms with Crippen LogP contribution in [0.2, 0.25) is 0 Å². The quantitative estimate of drug-likeness (QED) is 0.412. The first-order valence-electron chi connectivity index (χ1n) is 12.7. The van der Waals surface area contributed by atoms with E-state index in [1.54, 1.807) is 11.3 Å². The van der Waals surface area contributed by atoms with E-state index in [1.165, 1.54) is 4.88 Å². The molecule has 2 aliphatic rings. The van der Waals surface area contributed by atoms with Crippen molar-refractivity contribution in [3.8, 4) is 5.00 Å². The summed E-state index contributed by atoms with van der Waals surface area (Å²) in [5.41, 5.74) is 5.12. The second-order valence-corrected chi connectivity index (χ2v) is 10.9. The molecule has 6 rings (SSSR count). The molecule has 2 aliphatic heterocycles. The van der Waals surface area contributed by atoms with E-state index in [4.69, 9.17) is 4.99 Å². The van der Waals surface area contributed by atoms with Crippen LogP contribution in [-0.2, 0) is 4.79 Å². The molecule has 5 heterocycles. The van der Waals surface area contributed by atoms with Gasteiger partial charge < -0.3 is 14.9 Å². The van der Waals surface area contributed by atoms with Gasteiger partial charge in [0, 0.05) is 54.1 Å². The summed E-state index contributed by atoms with van der Waals surface area (Å²) in [5.74, 6) is 1.41. The van der Waals surface area contributed by atoms with Gasteiger partial charge in [0.1, 0.15) is 22.7 Å². The Morgan fingerprint density at radius 3 is 2.42 bits per heavy atom. The summed E-state index contributed by atoms with van der Waals surface area (Å²) < 4.78 is 1.99. The number of pyridine rings is 1. The molecule has 10 heteroatoms. The first-order chi connectivity index (χ1) is 18.4. The number of hydrogen-bond donors (Lipinski definition) is 1. The molecule has 1 aromatic carbocycles. The third kappa shape index (κ3) is 4.24. The largest absolute Gasteiger partial charge is 0.481 e. The lowest BCUT2D eigenvalue weighted by Gasteiger charge is -2.36. The smallest absolute Gasteiger partial charge is 0.306 e. The summed E-state index contributed by atoms with van der Waals surface area (Å²) in [6, 6.07) is 13.9. The number of carbonyl (C=O) groups is 1. The maximum absolute atomic E-state index is 11.8. The van der Waals surface area contributed by atoms with Crippen LogP contribution >= 0.6 is 11.3 Å². The predicted octanol–water partition coefficient (Wildman–Crippen LogP) is 4.34. The van der Waals surface area contributed by atoms with Gasteiger partial charge in [0.15, 0.2) is 5.82 Å². The Morgan fingerprint density at radius 1 is 1.00 bits per heavy atom. The Morgan fingerprint density at radius 2 is 1.74 bits per heavy atom. The summed E-state index contributed by atoms with van der Waals surface area (Å²) in [4.78, 5) is 27.2. The van der Waals surface area contributed by atoms with Crippen molar-refractivity contribution in [2.75, 3.05) is 36.0 Å². The summed E-state index contributed by atoms with van der Waals surface area (Å²) >= 11 is 1.67. The highest BCUT2D eigenvalue weighted by atomic mass is 32.1. The minimum absolute atomic E-state index is 0.146. The molecular formula is C28H29N7O2S. The molecule has 0 unspecified atom stereocenters. The first kappa shape index (κ1) is 24.3. The van der Waals surface area contributed by atoms with Gasteiger partial charge >= 0.3 is 5.97 Å². The molecule has 1 atom stereocenters. The van der Waals surface area contributed by atoms with Crippen LogP contribution in [-0.4, -0.2) is 62.7 Å². The third-order valence-corrected chi connectivity index (χ3v) is 8.56. The fraction of sp³-hybridized carbons (Fsp3) is 0.321. The van der Waals surface area contributed by atoms with E-state index in [0.717, 1.165) is 70.9 Å². The van der Waals surface area contributed by atoms with Gasteiger partial charge in [-0.2, -0.15) is 0 Å². The van der Waals surface area contributed by atoms with Crippen LogP contribution in [0.25, 0.3) is 5.00 Å². The normalized spacial score (nSPS) is 17.0. The second kappa shape index (κ2) is 9.68. The first-order valence-corrected chi connectivity index (χ1v) is 13.6. The number of hydrogen-bond acceptors (Lipinski definition) is 8. The van der Waals surface area contributed by atoms with E-state index in [1.807, 2.05) is 29.8 Å². The van der Waals surface area contributed by atoms with Crippen molar-refractivity contribution in [2.24, 2.45) is 4.99 Å². The van der Waals surface area contributed by atoms with Gasteiger partial charge in [-0.15, -0.1) is 21.5 Å². The number of carboxylic acid groups (broad SMARTS) is 1. The number of fused-ring (bicyclic) bond motifs is 3. The Labute approximate surface area is 225 Å². The zero-order chi connectivity index (χ0) is 26.4. The maximum atomic E-state index is 11.8. The molecule has 0 aliphatic carbocycles. The van der Waals surface area contributed by atoms with E-state index in [-0.39, 0.29) is 6.42 Å². The number of anilines is 2. The minimum Gasteiger partial charge on any atom is -0.481 e. The van der Waals surface area contributed by atoms with E-state index in [9.17, 15) is 9.90 Å². The average molecular weight is 528 g/mol. The van der Waals surface area contributed by atoms with Crippen molar-refractivity contribution in [1.82, 2.24) is 19.7 Å². The van der Waals surface area contributed by atoms with Gasteiger partial charge in [-0.3, -0.25) is 14.4 Å². The number of thiophene rings is 1. The molecule has 0 radical (unpaired) electrons. The average Bonchev–Trinajstić information content (AvgIpc) is 3.41. The Kier molecular flexibility index (Phi) is 6.19. The number of rotatable bonds is 5. The van der Waals surface area contributed by atoms with Crippen molar-refractivity contribution < 1.29 is 9.90 Å². The highest BCUT2D eigenvalue weighted by Crippen LogP contribution is 2.39. The van der Waals surface area contributed by atoms with Crippen molar-refractivity contribution in [2.45, 2.75) is 33.2 Å². The molecule has 1 fully saturated rings. The number of aromatic nitrogens is 4. The lowest BCUT2D eigenvalue weighted by atomic mass is 9.99. The topological polar surface area (TPSA) is 99.7 Å². The highest BCUT2D eigenvalue weighted by molar-refractivity contribution is 7.15. The van der Waals surface area contributed by atoms with Crippen molar-refractivity contribution in [3.05, 3.63) is 81.9 Å². The molecule has 3 aromatic heterocycles. The van der Waals surface area contributed by atoms with E-state index in [0.29, 0.717) is 5.82 Å². The molecule has 194 valence electrons. The molecular weight excluding hydrogens is 498 g/mol. The Balaban J connectivity index is 1.33. The Bertz CT molecular complexity index is 1520. The van der Waals surface area contributed by atoms with Crippen molar-refractivity contribution >= 4 is 34.5 Å². The van der Waals surface area contributed by atoms with Crippen LogP contribution in [0.15, 0.2) is 53.7 Å². The molecule has 0 bridgehead atoms. The second-order valence-electron chi connectivity index (χ2n) is 9.70. The fourth-order valence-electron chi connectivity index (χ4n) is 5.25. The maximum Gasteiger partial charge on any atom is 0.306 e. The standard InChI is InChI=1S/C28H29N7O2S/c1-17-18(2)38-28-25(17)26(30-22(16-24(36)37)27-32-31-19(3)35(27)28)20-7-9-21(10-8-20)33-12-14-34(15-13-33)23-6-4-5-11-29-23/h4-11,22H,12-16H2,1-3H3,(H,36,37)/t22-/m0/s1. The fourth-order valence-corrected chi connectivity index (χ4v) is 6.47. The molecule has 9 nitrogen and oxygen atoms in total. The van der Waals surface area contributed by atoms with E-state index in [2.05, 4.69) is 69.2 Å². The molecule has 1 saturated heterocycles. The Hall–Kier alpha value is -4.05. The lowest BCUT2D eigenvalue weighted by molar-refractivity contribution is -0.137. The van der Waals surface area contributed by atoms with Gasteiger partial charge in [-0.25, -0.2) is 4.98 Å². The van der Waals surface area contributed by atoms with Crippen LogP contribution in [0.3, 0.4) is 0 Å². The molecule has 0 spiro atoms. The van der Waals surface area contributed by atoms with Crippen LogP contribution in [0.5, 0.6) is 0 Å². The molecule has 0 amide bonds. The van der Waals surface area contributed by atoms with E-state index < -0.39 is 12.0 Å². The third-order valence-electron chi connectivity index (χ3n) is 7.37. The summed E-state index contributed by atoms with van der Waals surface area (Å²) in [7, 11) is 0. The number of carboxylic acids is 1. The molecule has 38 heavy (non-hydrogen) atoms. The minimum atomic E-state index is -0.913. The van der Waals surface area contributed by atoms with Gasteiger partial charge in [0.2, 0.25) is 0 Å². The SMILES string of the molecule is Cc1sc2c(c1C)C(c1ccc(N3CCN(c4ccccn4)CC3)cc1)=N[C@@H](CC(=O)O)c1nnc(C)n1-2. The summed E-state index contributed by atoms with van der Waals surface area (Å²) in [5, 5.41) is 19.3. The number of aliphatic carboxylic acids is 1. The monoisotopic (exact) mass is 527 g/mol. The van der Waals surface area contributed by atoms with Crippen LogP contribution < -0.4 is 9.80 Å². The summed E-state index contributed by atoms with van der Waals surface area (Å²) in [6.07, 6.45) is 1.69. The van der Waals surface area contributed by atoms with Crippen molar-refractivity contribution in [3.63, 3.8) is 0 Å². The van der Waals surface area contributed by atoms with Crippen molar-refractivity contribution in [1.29, 1.82) is 0 Å². The number of aliphatic imine (C=N–C) groups is 1. The van der Waals surface area contributed by atoms with Gasteiger partial charge in [0.05, 0.1) is 12.1 Å². The zero-order valence-electron chi connectivity index (χ0n) is 21.6. The van der Waals surface area contributed by atoms with E-state index >= 15 is 0 Å². The number of nitrogens with zero attached hydrogens (tertiary/aromatic N) is 7. The number of aryl methyl sites for hydroxylation is 2. The zero-order valence-corrected chi connectivity index (χ0v) is 22.4.